The van der Waals surface area contributed by atoms with Crippen LogP contribution in [0, 0.1) is 0 Å². The molecule has 2 heterocycles. The first-order valence-electron chi connectivity index (χ1n) is 7.66. The lowest BCUT2D eigenvalue weighted by atomic mass is 10.2. The molecule has 1 atom stereocenters. The number of nitrogens with zero attached hydrogens (tertiary/aromatic N) is 5. The Morgan fingerprint density at radius 2 is 2.00 bits per heavy atom. The number of aromatic nitrogens is 5. The Kier molecular flexibility index (Phi) is 4.52. The number of phenols is 2. The molecule has 0 aliphatic rings. The molecule has 10 heteroatoms. The van der Waals surface area contributed by atoms with Crippen LogP contribution in [0.15, 0.2) is 18.2 Å². The third-order valence-corrected chi connectivity index (χ3v) is 3.54. The highest BCUT2D eigenvalue weighted by molar-refractivity contribution is 5.83. The molecule has 0 amide bonds. The van der Waals surface area contributed by atoms with Crippen molar-refractivity contribution in [1.82, 2.24) is 25.4 Å². The minimum absolute atomic E-state index is 0.169. The van der Waals surface area contributed by atoms with Crippen LogP contribution >= 0.6 is 0 Å². The first kappa shape index (κ1) is 16.7. The lowest BCUT2D eigenvalue weighted by molar-refractivity contribution is 0.208. The number of anilines is 2. The third-order valence-electron chi connectivity index (χ3n) is 3.54. The number of phenolic OH excluding ortho intramolecular Hbond substituents is 2. The van der Waals surface area contributed by atoms with Gasteiger partial charge in [0.1, 0.15) is 0 Å². The molecule has 0 bridgehead atoms. The van der Waals surface area contributed by atoms with E-state index < -0.39 is 6.10 Å². The van der Waals surface area contributed by atoms with E-state index >= 15 is 0 Å². The van der Waals surface area contributed by atoms with E-state index in [1.54, 1.807) is 13.0 Å². The summed E-state index contributed by atoms with van der Waals surface area (Å²) in [6.07, 6.45) is -0.544. The van der Waals surface area contributed by atoms with E-state index in [1.165, 1.54) is 12.1 Å². The van der Waals surface area contributed by atoms with Gasteiger partial charge in [-0.15, -0.1) is 5.10 Å². The molecule has 0 aliphatic carbocycles. The molecule has 132 valence electrons. The Morgan fingerprint density at radius 3 is 2.72 bits per heavy atom. The number of fused-ring (bicyclic) bond motifs is 1. The van der Waals surface area contributed by atoms with Crippen molar-refractivity contribution < 1.29 is 15.3 Å². The summed E-state index contributed by atoms with van der Waals surface area (Å²) in [5, 5.41) is 42.0. The van der Waals surface area contributed by atoms with Crippen molar-refractivity contribution in [2.45, 2.75) is 19.6 Å². The maximum absolute atomic E-state index is 9.63. The number of aliphatic hydroxyl groups excluding tert-OH is 1. The van der Waals surface area contributed by atoms with Gasteiger partial charge in [-0.3, -0.25) is 0 Å². The van der Waals surface area contributed by atoms with E-state index in [9.17, 15) is 15.3 Å². The molecule has 0 aliphatic heterocycles. The smallest absolute Gasteiger partial charge is 0.227 e. The number of nitrogens with one attached hydrogen (secondary N) is 2. The Bertz CT molecular complexity index is 881. The van der Waals surface area contributed by atoms with Crippen molar-refractivity contribution in [2.75, 3.05) is 23.8 Å². The largest absolute Gasteiger partial charge is 0.504 e. The van der Waals surface area contributed by atoms with Crippen LogP contribution in [-0.2, 0) is 6.54 Å². The first-order valence-corrected chi connectivity index (χ1v) is 7.66. The molecule has 0 spiro atoms. The van der Waals surface area contributed by atoms with Crippen LogP contribution in [-0.4, -0.2) is 60.4 Å². The van der Waals surface area contributed by atoms with Crippen LogP contribution in [0.2, 0.25) is 0 Å². The number of benzene rings is 1. The van der Waals surface area contributed by atoms with E-state index in [0.717, 1.165) is 5.56 Å². The van der Waals surface area contributed by atoms with Gasteiger partial charge in [0.15, 0.2) is 22.8 Å². The third kappa shape index (κ3) is 3.69. The number of hydrogen-bond acceptors (Lipinski definition) is 9. The second kappa shape index (κ2) is 6.77. The first-order chi connectivity index (χ1) is 11.9. The summed E-state index contributed by atoms with van der Waals surface area (Å²) in [4.78, 5) is 10.5. The highest BCUT2D eigenvalue weighted by Gasteiger charge is 2.16. The van der Waals surface area contributed by atoms with E-state index in [2.05, 4.69) is 30.7 Å². The van der Waals surface area contributed by atoms with Crippen LogP contribution in [0.5, 0.6) is 11.5 Å². The van der Waals surface area contributed by atoms with Crippen molar-refractivity contribution in [2.24, 2.45) is 0 Å². The fraction of sp³-hybridized carbons (Fsp3) is 0.333. The molecule has 0 radical (unpaired) electrons. The monoisotopic (exact) mass is 345 g/mol. The number of rotatable bonds is 6. The predicted octanol–water partition coefficient (Wildman–Crippen LogP) is 0.588. The Hall–Kier alpha value is -3.14. The van der Waals surface area contributed by atoms with Crippen LogP contribution in [0.25, 0.3) is 11.2 Å². The average Bonchev–Trinajstić information content (AvgIpc) is 3.04. The van der Waals surface area contributed by atoms with Gasteiger partial charge in [-0.25, -0.2) is 0 Å². The van der Waals surface area contributed by atoms with Gasteiger partial charge >= 0.3 is 0 Å². The minimum Gasteiger partial charge on any atom is -0.504 e. The van der Waals surface area contributed by atoms with Gasteiger partial charge < -0.3 is 25.5 Å². The van der Waals surface area contributed by atoms with E-state index in [1.807, 2.05) is 11.9 Å². The topological polar surface area (TPSA) is 143 Å². The van der Waals surface area contributed by atoms with Gasteiger partial charge in [-0.2, -0.15) is 20.3 Å². The van der Waals surface area contributed by atoms with Crippen LogP contribution in [0.3, 0.4) is 0 Å². The summed E-state index contributed by atoms with van der Waals surface area (Å²) in [5.41, 5.74) is 1.69. The van der Waals surface area contributed by atoms with Gasteiger partial charge in [0.2, 0.25) is 11.6 Å². The van der Waals surface area contributed by atoms with Crippen LogP contribution < -0.4 is 10.2 Å². The average molecular weight is 345 g/mol. The van der Waals surface area contributed by atoms with E-state index in [4.69, 9.17) is 0 Å². The lowest BCUT2D eigenvalue weighted by Gasteiger charge is -2.19. The van der Waals surface area contributed by atoms with Gasteiger partial charge in [0, 0.05) is 20.1 Å². The normalized spacial score (nSPS) is 12.3. The van der Waals surface area contributed by atoms with Crippen molar-refractivity contribution >= 4 is 22.9 Å². The number of aliphatic hydroxyl groups is 1. The van der Waals surface area contributed by atoms with Gasteiger partial charge in [-0.05, 0) is 24.6 Å². The molecule has 25 heavy (non-hydrogen) atoms. The zero-order valence-electron chi connectivity index (χ0n) is 13.8. The second-order valence-electron chi connectivity index (χ2n) is 5.78. The summed E-state index contributed by atoms with van der Waals surface area (Å²) in [6, 6.07) is 4.62. The molecular formula is C15H19N7O3. The summed E-state index contributed by atoms with van der Waals surface area (Å²) >= 11 is 0. The van der Waals surface area contributed by atoms with Crippen molar-refractivity contribution in [1.29, 1.82) is 0 Å². The standard InChI is InChI=1S/C15H19N7O3/c1-8(23)6-16-15-17-13-12(19-21-20-13)14(18-15)22(2)7-9-3-4-10(24)11(25)5-9/h3-5,8,23-25H,6-7H2,1-2H3,(H2,16,17,18,19,20,21). The fourth-order valence-corrected chi connectivity index (χ4v) is 2.33. The molecule has 1 aromatic carbocycles. The molecule has 0 saturated heterocycles. The minimum atomic E-state index is -0.544. The molecule has 0 saturated carbocycles. The van der Waals surface area contributed by atoms with E-state index in [0.29, 0.717) is 36.0 Å². The van der Waals surface area contributed by atoms with Gasteiger partial charge in [0.05, 0.1) is 6.10 Å². The Balaban J connectivity index is 1.89. The quantitative estimate of drug-likeness (QED) is 0.405. The Morgan fingerprint density at radius 1 is 1.20 bits per heavy atom. The van der Waals surface area contributed by atoms with Gasteiger partial charge in [-0.1, -0.05) is 6.07 Å². The maximum Gasteiger partial charge on any atom is 0.227 e. The highest BCUT2D eigenvalue weighted by Crippen LogP contribution is 2.27. The van der Waals surface area contributed by atoms with E-state index in [-0.39, 0.29) is 11.5 Å². The summed E-state index contributed by atoms with van der Waals surface area (Å²) in [7, 11) is 1.82. The molecule has 0 fully saturated rings. The predicted molar refractivity (Wildman–Crippen MR) is 91.5 cm³/mol. The zero-order valence-corrected chi connectivity index (χ0v) is 13.8. The molecule has 3 aromatic rings. The summed E-state index contributed by atoms with van der Waals surface area (Å²) in [6.45, 7) is 2.38. The number of aromatic amines is 1. The summed E-state index contributed by atoms with van der Waals surface area (Å²) in [5.74, 6) is 0.522. The molecule has 5 N–H and O–H groups in total. The van der Waals surface area contributed by atoms with Crippen LogP contribution in [0.4, 0.5) is 11.8 Å². The van der Waals surface area contributed by atoms with Crippen molar-refractivity contribution in [3.05, 3.63) is 23.8 Å². The molecule has 2 aromatic heterocycles. The highest BCUT2D eigenvalue weighted by atomic mass is 16.3. The number of H-pyrrole nitrogens is 1. The summed E-state index contributed by atoms with van der Waals surface area (Å²) < 4.78 is 0. The SMILES string of the molecule is CC(O)CNc1nc(N(C)Cc2ccc(O)c(O)c2)c2n[nH]nc2n1. The molecule has 10 nitrogen and oxygen atoms in total. The van der Waals surface area contributed by atoms with Crippen LogP contribution in [0.1, 0.15) is 12.5 Å². The van der Waals surface area contributed by atoms with Crippen molar-refractivity contribution in [3.8, 4) is 11.5 Å². The molecule has 1 unspecified atom stereocenters. The fourth-order valence-electron chi connectivity index (χ4n) is 2.33. The Labute approximate surface area is 143 Å². The molecular weight excluding hydrogens is 326 g/mol. The van der Waals surface area contributed by atoms with Gasteiger partial charge in [0.25, 0.3) is 0 Å². The van der Waals surface area contributed by atoms with Crippen molar-refractivity contribution in [3.63, 3.8) is 0 Å². The number of aromatic hydroxyl groups is 2. The molecule has 3 rings (SSSR count). The second-order valence-corrected chi connectivity index (χ2v) is 5.78. The maximum atomic E-state index is 9.63. The zero-order chi connectivity index (χ0) is 18.0. The number of hydrogen-bond donors (Lipinski definition) is 5. The lowest BCUT2D eigenvalue weighted by Crippen LogP contribution is -2.21.